The molecule has 4 nitrogen and oxygen atoms in total. The quantitative estimate of drug-likeness (QED) is 0.479. The molecule has 3 aromatic carbocycles. The Bertz CT molecular complexity index is 1060. The van der Waals surface area contributed by atoms with Gasteiger partial charge in [-0.05, 0) is 58.1 Å². The molecule has 27 heavy (non-hydrogen) atoms. The second kappa shape index (κ2) is 6.43. The fourth-order valence-corrected chi connectivity index (χ4v) is 3.67. The van der Waals surface area contributed by atoms with E-state index in [1.165, 1.54) is 17.7 Å². The smallest absolute Gasteiger partial charge is 0.497 e. The second-order valence-corrected chi connectivity index (χ2v) is 6.49. The summed E-state index contributed by atoms with van der Waals surface area (Å²) in [5.74, 6) is 0.410. The zero-order chi connectivity index (χ0) is 19.1. The predicted octanol–water partition coefficient (Wildman–Crippen LogP) is 5.69. The minimum atomic E-state index is -1.47. The van der Waals surface area contributed by atoms with Gasteiger partial charge in [0.25, 0.3) is 0 Å². The molecule has 1 N–H and O–H groups in total. The molecule has 1 atom stereocenters. The topological polar surface area (TPSA) is 55.8 Å². The Morgan fingerprint density at radius 3 is 2.22 bits per heavy atom. The Labute approximate surface area is 155 Å². The van der Waals surface area contributed by atoms with Crippen molar-refractivity contribution in [3.05, 3.63) is 71.5 Å². The van der Waals surface area contributed by atoms with E-state index in [0.29, 0.717) is 5.56 Å². The molecule has 0 aliphatic heterocycles. The van der Waals surface area contributed by atoms with Gasteiger partial charge in [-0.1, -0.05) is 25.1 Å². The van der Waals surface area contributed by atoms with Crippen LogP contribution in [-0.4, -0.2) is 18.4 Å². The van der Waals surface area contributed by atoms with E-state index in [9.17, 15) is 9.18 Å². The van der Waals surface area contributed by atoms with Gasteiger partial charge in [-0.3, -0.25) is 0 Å². The Morgan fingerprint density at radius 2 is 1.56 bits per heavy atom. The third-order valence-electron chi connectivity index (χ3n) is 4.99. The van der Waals surface area contributed by atoms with Gasteiger partial charge in [0, 0.05) is 17.5 Å². The highest BCUT2D eigenvalue weighted by Gasteiger charge is 2.26. The molecular weight excluding hydrogens is 347 g/mol. The molecular formula is C22H17FO4. The highest BCUT2D eigenvalue weighted by atomic mass is 19.1. The number of hydrogen-bond acceptors (Lipinski definition) is 3. The van der Waals surface area contributed by atoms with E-state index in [-0.39, 0.29) is 11.7 Å². The molecule has 0 spiro atoms. The van der Waals surface area contributed by atoms with Crippen molar-refractivity contribution in [2.24, 2.45) is 0 Å². The van der Waals surface area contributed by atoms with Gasteiger partial charge in [0.15, 0.2) is 0 Å². The number of halogens is 1. The van der Waals surface area contributed by atoms with Crippen molar-refractivity contribution in [3.63, 3.8) is 0 Å². The summed E-state index contributed by atoms with van der Waals surface area (Å²) in [5.41, 5.74) is 5.75. The van der Waals surface area contributed by atoms with E-state index in [4.69, 9.17) is 9.84 Å². The van der Waals surface area contributed by atoms with Gasteiger partial charge in [0.1, 0.15) is 17.3 Å². The van der Waals surface area contributed by atoms with Crippen LogP contribution in [0.4, 0.5) is 9.18 Å². The molecule has 0 radical (unpaired) electrons. The van der Waals surface area contributed by atoms with Gasteiger partial charge in [-0.25, -0.2) is 9.18 Å². The number of ether oxygens (including phenoxy) is 2. The number of methoxy groups -OCH3 is 1. The summed E-state index contributed by atoms with van der Waals surface area (Å²) in [4.78, 5) is 10.6. The average molecular weight is 364 g/mol. The zero-order valence-electron chi connectivity index (χ0n) is 14.8. The number of carboxylic acid groups (broad SMARTS) is 1. The largest absolute Gasteiger partial charge is 0.511 e. The van der Waals surface area contributed by atoms with Crippen LogP contribution in [0.2, 0.25) is 0 Å². The van der Waals surface area contributed by atoms with Gasteiger partial charge in [0.05, 0.1) is 7.11 Å². The van der Waals surface area contributed by atoms with Crippen LogP contribution in [-0.2, 0) is 0 Å². The Kier molecular flexibility index (Phi) is 4.07. The van der Waals surface area contributed by atoms with Crippen LogP contribution in [0.15, 0.2) is 54.6 Å². The second-order valence-electron chi connectivity index (χ2n) is 6.49. The molecule has 0 saturated heterocycles. The van der Waals surface area contributed by atoms with Crippen LogP contribution in [0.5, 0.6) is 11.5 Å². The van der Waals surface area contributed by atoms with Crippen molar-refractivity contribution in [1.29, 1.82) is 0 Å². The first-order valence-corrected chi connectivity index (χ1v) is 8.51. The number of fused-ring (bicyclic) bond motifs is 3. The Hall–Kier alpha value is -3.34. The molecule has 0 fully saturated rings. The number of benzene rings is 3. The van der Waals surface area contributed by atoms with Crippen molar-refractivity contribution in [2.45, 2.75) is 12.8 Å². The Balaban J connectivity index is 1.74. The molecule has 3 aromatic rings. The van der Waals surface area contributed by atoms with Gasteiger partial charge >= 0.3 is 6.16 Å². The average Bonchev–Trinajstić information content (AvgIpc) is 2.93. The van der Waals surface area contributed by atoms with E-state index in [1.807, 2.05) is 30.3 Å². The standard InChI is InChI=1S/C22H17FO4/c1-12-19-9-13(16-7-5-15(11-21(16)23)27-22(24)25)3-6-17(19)18-8-4-14(26-2)10-20(12)18/h3-12H,1-2H3,(H,24,25). The molecule has 1 aliphatic carbocycles. The summed E-state index contributed by atoms with van der Waals surface area (Å²) in [6.45, 7) is 2.12. The number of rotatable bonds is 3. The van der Waals surface area contributed by atoms with Crippen LogP contribution in [0.25, 0.3) is 22.3 Å². The molecule has 1 aliphatic rings. The lowest BCUT2D eigenvalue weighted by Gasteiger charge is -2.10. The fraction of sp³-hybridized carbons (Fsp3) is 0.136. The normalized spacial score (nSPS) is 14.4. The van der Waals surface area contributed by atoms with Gasteiger partial charge in [-0.2, -0.15) is 0 Å². The highest BCUT2D eigenvalue weighted by Crippen LogP contribution is 2.47. The van der Waals surface area contributed by atoms with Crippen molar-refractivity contribution < 1.29 is 23.8 Å². The Morgan fingerprint density at radius 1 is 0.926 bits per heavy atom. The SMILES string of the molecule is COc1ccc2c(c1)C(C)c1cc(-c3ccc(OC(=O)O)cc3F)ccc1-2. The lowest BCUT2D eigenvalue weighted by Crippen LogP contribution is -2.03. The van der Waals surface area contributed by atoms with Crippen LogP contribution in [0.3, 0.4) is 0 Å². The van der Waals surface area contributed by atoms with Gasteiger partial charge in [0.2, 0.25) is 0 Å². The first-order chi connectivity index (χ1) is 13.0. The third kappa shape index (κ3) is 2.91. The lowest BCUT2D eigenvalue weighted by atomic mass is 9.95. The summed E-state index contributed by atoms with van der Waals surface area (Å²) >= 11 is 0. The molecule has 1 unspecified atom stereocenters. The fourth-order valence-electron chi connectivity index (χ4n) is 3.67. The first kappa shape index (κ1) is 17.1. The van der Waals surface area contributed by atoms with Crippen LogP contribution >= 0.6 is 0 Å². The maximum atomic E-state index is 14.5. The molecule has 0 aromatic heterocycles. The maximum Gasteiger partial charge on any atom is 0.511 e. The van der Waals surface area contributed by atoms with Crippen molar-refractivity contribution in [3.8, 4) is 33.8 Å². The summed E-state index contributed by atoms with van der Waals surface area (Å²) in [6.07, 6.45) is -1.47. The lowest BCUT2D eigenvalue weighted by molar-refractivity contribution is 0.144. The van der Waals surface area contributed by atoms with E-state index in [2.05, 4.69) is 17.7 Å². The summed E-state index contributed by atoms with van der Waals surface area (Å²) in [5, 5.41) is 8.65. The zero-order valence-corrected chi connectivity index (χ0v) is 14.8. The van der Waals surface area contributed by atoms with Crippen molar-refractivity contribution >= 4 is 6.16 Å². The first-order valence-electron chi connectivity index (χ1n) is 8.51. The molecule has 0 amide bonds. The third-order valence-corrected chi connectivity index (χ3v) is 4.99. The minimum Gasteiger partial charge on any atom is -0.497 e. The van der Waals surface area contributed by atoms with Crippen molar-refractivity contribution in [1.82, 2.24) is 0 Å². The minimum absolute atomic E-state index is 0.0437. The predicted molar refractivity (Wildman–Crippen MR) is 100.0 cm³/mol. The van der Waals surface area contributed by atoms with Crippen LogP contribution in [0, 0.1) is 5.82 Å². The summed E-state index contributed by atoms with van der Waals surface area (Å²) in [6, 6.07) is 16.0. The van der Waals surface area contributed by atoms with E-state index < -0.39 is 12.0 Å². The highest BCUT2D eigenvalue weighted by molar-refractivity contribution is 5.82. The van der Waals surface area contributed by atoms with E-state index in [1.54, 1.807) is 7.11 Å². The summed E-state index contributed by atoms with van der Waals surface area (Å²) in [7, 11) is 1.65. The van der Waals surface area contributed by atoms with E-state index in [0.717, 1.165) is 34.1 Å². The van der Waals surface area contributed by atoms with Gasteiger partial charge in [-0.15, -0.1) is 0 Å². The van der Waals surface area contributed by atoms with Crippen LogP contribution < -0.4 is 9.47 Å². The van der Waals surface area contributed by atoms with E-state index >= 15 is 0 Å². The number of hydrogen-bond donors (Lipinski definition) is 1. The molecule has 4 rings (SSSR count). The van der Waals surface area contributed by atoms with Crippen LogP contribution in [0.1, 0.15) is 24.0 Å². The van der Waals surface area contributed by atoms with Gasteiger partial charge < -0.3 is 14.6 Å². The molecule has 5 heteroatoms. The monoisotopic (exact) mass is 364 g/mol. The van der Waals surface area contributed by atoms with Crippen molar-refractivity contribution in [2.75, 3.05) is 7.11 Å². The number of carbonyl (C=O) groups is 1. The molecule has 0 heterocycles. The molecule has 0 saturated carbocycles. The molecule has 0 bridgehead atoms. The maximum absolute atomic E-state index is 14.5. The summed E-state index contributed by atoms with van der Waals surface area (Å²) < 4.78 is 24.3. The molecule has 136 valence electrons.